The van der Waals surface area contributed by atoms with Crippen LogP contribution in [0.5, 0.6) is 0 Å². The van der Waals surface area contributed by atoms with Crippen molar-refractivity contribution < 1.29 is 4.79 Å². The Balaban J connectivity index is 1.92. The fraction of sp³-hybridized carbons (Fsp3) is 0.214. The Kier molecular flexibility index (Phi) is 4.57. The zero-order valence-electron chi connectivity index (χ0n) is 11.4. The third-order valence-electron chi connectivity index (χ3n) is 2.63. The molecule has 0 atom stereocenters. The van der Waals surface area contributed by atoms with Gasteiger partial charge in [-0.2, -0.15) is 0 Å². The molecule has 5 nitrogen and oxygen atoms in total. The molecule has 0 aliphatic heterocycles. The number of thioether (sulfide) groups is 1. The molecular formula is C14H16N4OS. The van der Waals surface area contributed by atoms with Gasteiger partial charge in [0.15, 0.2) is 5.16 Å². The summed E-state index contributed by atoms with van der Waals surface area (Å²) in [5.41, 5.74) is 8.96. The largest absolute Gasteiger partial charge is 0.399 e. The molecule has 0 radical (unpaired) electrons. The molecule has 20 heavy (non-hydrogen) atoms. The van der Waals surface area contributed by atoms with Gasteiger partial charge in [0.2, 0.25) is 5.91 Å². The molecule has 104 valence electrons. The maximum atomic E-state index is 11.9. The number of amides is 1. The van der Waals surface area contributed by atoms with Crippen LogP contribution in [0.15, 0.2) is 35.6 Å². The molecule has 0 bridgehead atoms. The maximum absolute atomic E-state index is 11.9. The molecular weight excluding hydrogens is 272 g/mol. The van der Waals surface area contributed by atoms with Crippen molar-refractivity contribution in [1.82, 2.24) is 9.97 Å². The molecule has 0 unspecified atom stereocenters. The number of aryl methyl sites for hydroxylation is 2. The zero-order chi connectivity index (χ0) is 14.5. The van der Waals surface area contributed by atoms with Crippen molar-refractivity contribution in [2.75, 3.05) is 16.8 Å². The van der Waals surface area contributed by atoms with Gasteiger partial charge in [-0.1, -0.05) is 11.8 Å². The van der Waals surface area contributed by atoms with Crippen molar-refractivity contribution in [2.24, 2.45) is 0 Å². The van der Waals surface area contributed by atoms with Gasteiger partial charge in [-0.15, -0.1) is 0 Å². The summed E-state index contributed by atoms with van der Waals surface area (Å²) < 4.78 is 0. The molecule has 2 rings (SSSR count). The van der Waals surface area contributed by atoms with Crippen LogP contribution in [0.4, 0.5) is 11.4 Å². The van der Waals surface area contributed by atoms with E-state index in [0.29, 0.717) is 10.8 Å². The number of carbonyl (C=O) groups is 1. The minimum absolute atomic E-state index is 0.0898. The predicted octanol–water partition coefficient (Wildman–Crippen LogP) is 2.41. The molecule has 1 heterocycles. The van der Waals surface area contributed by atoms with Crippen molar-refractivity contribution in [3.8, 4) is 0 Å². The van der Waals surface area contributed by atoms with Crippen molar-refractivity contribution in [2.45, 2.75) is 19.0 Å². The van der Waals surface area contributed by atoms with Crippen LogP contribution in [0, 0.1) is 13.8 Å². The third kappa shape index (κ3) is 3.96. The summed E-state index contributed by atoms with van der Waals surface area (Å²) in [5.74, 6) is 0.181. The zero-order valence-corrected chi connectivity index (χ0v) is 12.2. The molecule has 1 aromatic carbocycles. The summed E-state index contributed by atoms with van der Waals surface area (Å²) in [5, 5.41) is 3.46. The first kappa shape index (κ1) is 14.3. The van der Waals surface area contributed by atoms with Gasteiger partial charge in [-0.25, -0.2) is 9.97 Å². The second-order valence-electron chi connectivity index (χ2n) is 4.39. The van der Waals surface area contributed by atoms with Crippen LogP contribution < -0.4 is 11.1 Å². The van der Waals surface area contributed by atoms with E-state index < -0.39 is 0 Å². The number of nitrogens with two attached hydrogens (primary N) is 1. The first-order valence-corrected chi connectivity index (χ1v) is 7.11. The Labute approximate surface area is 122 Å². The van der Waals surface area contributed by atoms with E-state index in [0.717, 1.165) is 16.9 Å². The first-order chi connectivity index (χ1) is 9.54. The molecule has 2 aromatic rings. The number of anilines is 2. The van der Waals surface area contributed by atoms with Gasteiger partial charge < -0.3 is 11.1 Å². The van der Waals surface area contributed by atoms with Crippen LogP contribution in [0.2, 0.25) is 0 Å². The Morgan fingerprint density at radius 2 is 2.15 bits per heavy atom. The van der Waals surface area contributed by atoms with Crippen molar-refractivity contribution in [3.63, 3.8) is 0 Å². The monoisotopic (exact) mass is 288 g/mol. The number of carbonyl (C=O) groups excluding carboxylic acids is 1. The average molecular weight is 288 g/mol. The Hall–Kier alpha value is -2.08. The molecule has 0 spiro atoms. The highest BCUT2D eigenvalue weighted by atomic mass is 32.2. The number of aromatic nitrogens is 2. The summed E-state index contributed by atoms with van der Waals surface area (Å²) in [6.45, 7) is 3.80. The van der Waals surface area contributed by atoms with E-state index in [-0.39, 0.29) is 11.7 Å². The first-order valence-electron chi connectivity index (χ1n) is 6.13. The second-order valence-corrected chi connectivity index (χ2v) is 5.33. The highest BCUT2D eigenvalue weighted by molar-refractivity contribution is 7.99. The van der Waals surface area contributed by atoms with Gasteiger partial charge in [0.25, 0.3) is 0 Å². The average Bonchev–Trinajstić information content (AvgIpc) is 2.40. The fourth-order valence-corrected chi connectivity index (χ4v) is 2.32. The standard InChI is InChI=1S/C14H16N4OS/c1-9-7-11(15)3-4-12(9)18-13(19)8-20-14-16-6-5-10(2)17-14/h3-7H,8,15H2,1-2H3,(H,18,19). The lowest BCUT2D eigenvalue weighted by Crippen LogP contribution is -2.15. The normalized spacial score (nSPS) is 10.3. The van der Waals surface area contributed by atoms with Crippen LogP contribution >= 0.6 is 11.8 Å². The van der Waals surface area contributed by atoms with E-state index >= 15 is 0 Å². The number of benzene rings is 1. The molecule has 1 amide bonds. The van der Waals surface area contributed by atoms with E-state index in [1.165, 1.54) is 11.8 Å². The van der Waals surface area contributed by atoms with E-state index in [2.05, 4.69) is 15.3 Å². The Bertz CT molecular complexity index is 630. The highest BCUT2D eigenvalue weighted by Crippen LogP contribution is 2.19. The van der Waals surface area contributed by atoms with Crippen LogP contribution in [-0.4, -0.2) is 21.6 Å². The Morgan fingerprint density at radius 1 is 1.35 bits per heavy atom. The summed E-state index contributed by atoms with van der Waals surface area (Å²) in [4.78, 5) is 20.2. The lowest BCUT2D eigenvalue weighted by atomic mass is 10.2. The van der Waals surface area contributed by atoms with Gasteiger partial charge in [0.05, 0.1) is 5.75 Å². The summed E-state index contributed by atoms with van der Waals surface area (Å²) in [6.07, 6.45) is 1.69. The van der Waals surface area contributed by atoms with Crippen molar-refractivity contribution in [3.05, 3.63) is 41.7 Å². The number of hydrogen-bond donors (Lipinski definition) is 2. The summed E-state index contributed by atoms with van der Waals surface area (Å²) in [6, 6.07) is 7.21. The third-order valence-corrected chi connectivity index (χ3v) is 3.49. The van der Waals surface area contributed by atoms with Crippen LogP contribution in [-0.2, 0) is 4.79 Å². The Morgan fingerprint density at radius 3 is 2.85 bits per heavy atom. The minimum atomic E-state index is -0.0898. The number of rotatable bonds is 4. The minimum Gasteiger partial charge on any atom is -0.399 e. The molecule has 3 N–H and O–H groups in total. The number of nitrogen functional groups attached to an aromatic ring is 1. The second kappa shape index (κ2) is 6.38. The summed E-state index contributed by atoms with van der Waals surface area (Å²) in [7, 11) is 0. The van der Waals surface area contributed by atoms with Crippen LogP contribution in [0.1, 0.15) is 11.3 Å². The van der Waals surface area contributed by atoms with Crippen LogP contribution in [0.25, 0.3) is 0 Å². The van der Waals surface area contributed by atoms with Crippen molar-refractivity contribution in [1.29, 1.82) is 0 Å². The smallest absolute Gasteiger partial charge is 0.234 e. The molecule has 0 saturated carbocycles. The molecule has 6 heteroatoms. The van der Waals surface area contributed by atoms with Gasteiger partial charge in [-0.05, 0) is 43.7 Å². The lowest BCUT2D eigenvalue weighted by molar-refractivity contribution is -0.113. The van der Waals surface area contributed by atoms with E-state index in [4.69, 9.17) is 5.73 Å². The van der Waals surface area contributed by atoms with E-state index in [9.17, 15) is 4.79 Å². The molecule has 1 aromatic heterocycles. The topological polar surface area (TPSA) is 80.9 Å². The van der Waals surface area contributed by atoms with Gasteiger partial charge >= 0.3 is 0 Å². The van der Waals surface area contributed by atoms with E-state index in [1.807, 2.05) is 26.0 Å². The fourth-order valence-electron chi connectivity index (χ4n) is 1.64. The maximum Gasteiger partial charge on any atom is 0.234 e. The predicted molar refractivity (Wildman–Crippen MR) is 81.7 cm³/mol. The lowest BCUT2D eigenvalue weighted by Gasteiger charge is -2.08. The molecule has 0 aliphatic carbocycles. The summed E-state index contributed by atoms with van der Waals surface area (Å²) >= 11 is 1.31. The number of hydrogen-bond acceptors (Lipinski definition) is 5. The molecule has 0 aliphatic rings. The van der Waals surface area contributed by atoms with Gasteiger partial charge in [0, 0.05) is 23.3 Å². The van der Waals surface area contributed by atoms with Crippen LogP contribution in [0.3, 0.4) is 0 Å². The molecule has 0 saturated heterocycles. The number of nitrogens with zero attached hydrogens (tertiary/aromatic N) is 2. The molecule has 0 fully saturated rings. The number of nitrogens with one attached hydrogen (secondary N) is 1. The highest BCUT2D eigenvalue weighted by Gasteiger charge is 2.07. The van der Waals surface area contributed by atoms with Crippen molar-refractivity contribution >= 4 is 29.0 Å². The SMILES string of the molecule is Cc1ccnc(SCC(=O)Nc2ccc(N)cc2C)n1. The quantitative estimate of drug-likeness (QED) is 0.513. The van der Waals surface area contributed by atoms with Gasteiger partial charge in [0.1, 0.15) is 0 Å². The van der Waals surface area contributed by atoms with Gasteiger partial charge in [-0.3, -0.25) is 4.79 Å². The van der Waals surface area contributed by atoms with E-state index in [1.54, 1.807) is 18.3 Å².